The smallest absolute Gasteiger partial charge is 0.253 e. The molecule has 5 nitrogen and oxygen atoms in total. The summed E-state index contributed by atoms with van der Waals surface area (Å²) >= 11 is 0. The Bertz CT molecular complexity index is 789. The van der Waals surface area contributed by atoms with Gasteiger partial charge in [0.1, 0.15) is 0 Å². The minimum atomic E-state index is 0.112. The van der Waals surface area contributed by atoms with Gasteiger partial charge in [0.2, 0.25) is 0 Å². The van der Waals surface area contributed by atoms with Gasteiger partial charge in [-0.15, -0.1) is 0 Å². The average Bonchev–Trinajstić information content (AvgIpc) is 3.19. The van der Waals surface area contributed by atoms with Crippen LogP contribution in [0.1, 0.15) is 27.4 Å². The van der Waals surface area contributed by atoms with Gasteiger partial charge in [-0.3, -0.25) is 9.69 Å². The third kappa shape index (κ3) is 4.27. The van der Waals surface area contributed by atoms with Gasteiger partial charge >= 0.3 is 0 Å². The lowest BCUT2D eigenvalue weighted by molar-refractivity contribution is 0.0341. The molecular formula is C23H29N3O2. The fraction of sp³-hybridized carbons (Fsp3) is 0.435. The summed E-state index contributed by atoms with van der Waals surface area (Å²) in [7, 11) is 0. The van der Waals surface area contributed by atoms with E-state index in [1.165, 1.54) is 11.1 Å². The number of carbonyl (C=O) groups excluding carboxylic acids is 1. The van der Waals surface area contributed by atoms with Crippen molar-refractivity contribution in [1.82, 2.24) is 9.80 Å². The van der Waals surface area contributed by atoms with Gasteiger partial charge in [-0.2, -0.15) is 0 Å². The lowest BCUT2D eigenvalue weighted by atomic mass is 9.89. The summed E-state index contributed by atoms with van der Waals surface area (Å²) in [5.74, 6) is 0.732. The van der Waals surface area contributed by atoms with Gasteiger partial charge in [-0.05, 0) is 35.7 Å². The average molecular weight is 380 g/mol. The first-order valence-corrected chi connectivity index (χ1v) is 10.2. The number of ether oxygens (including phenoxy) is 1. The second kappa shape index (κ2) is 8.86. The molecule has 2 aromatic rings. The lowest BCUT2D eigenvalue weighted by Gasteiger charge is -2.26. The first-order chi connectivity index (χ1) is 13.7. The predicted molar refractivity (Wildman–Crippen MR) is 110 cm³/mol. The summed E-state index contributed by atoms with van der Waals surface area (Å²) in [4.78, 5) is 17.5. The van der Waals surface area contributed by atoms with Crippen LogP contribution in [0.5, 0.6) is 0 Å². The number of carbonyl (C=O) groups is 1. The first-order valence-electron chi connectivity index (χ1n) is 10.2. The van der Waals surface area contributed by atoms with E-state index in [0.717, 1.165) is 51.5 Å². The number of amides is 1. The molecular weight excluding hydrogens is 350 g/mol. The molecule has 2 aliphatic heterocycles. The number of nitrogens with two attached hydrogens (primary N) is 1. The molecule has 0 spiro atoms. The van der Waals surface area contributed by atoms with E-state index in [1.54, 1.807) is 0 Å². The Balaban J connectivity index is 1.46. The van der Waals surface area contributed by atoms with Crippen molar-refractivity contribution < 1.29 is 9.53 Å². The molecule has 0 bridgehead atoms. The zero-order valence-electron chi connectivity index (χ0n) is 16.3. The van der Waals surface area contributed by atoms with Crippen LogP contribution < -0.4 is 5.73 Å². The van der Waals surface area contributed by atoms with Gasteiger partial charge in [0.25, 0.3) is 5.91 Å². The quantitative estimate of drug-likeness (QED) is 0.866. The molecule has 2 atom stereocenters. The lowest BCUT2D eigenvalue weighted by Crippen LogP contribution is -2.35. The molecule has 0 aromatic heterocycles. The maximum absolute atomic E-state index is 13.2. The van der Waals surface area contributed by atoms with E-state index in [9.17, 15) is 4.79 Å². The summed E-state index contributed by atoms with van der Waals surface area (Å²) in [6.07, 6.45) is 0. The van der Waals surface area contributed by atoms with Crippen LogP contribution >= 0.6 is 0 Å². The molecule has 2 N–H and O–H groups in total. The van der Waals surface area contributed by atoms with Crippen LogP contribution in [0.2, 0.25) is 0 Å². The number of nitrogens with zero attached hydrogens (tertiary/aromatic N) is 2. The van der Waals surface area contributed by atoms with Gasteiger partial charge in [0, 0.05) is 44.2 Å². The monoisotopic (exact) mass is 379 g/mol. The highest BCUT2D eigenvalue weighted by atomic mass is 16.5. The SMILES string of the molecule is NC[C@@H]1CN(C(=O)c2cccc(CN3CCOCC3)c2)C[C@H]1c1ccccc1. The van der Waals surface area contributed by atoms with Gasteiger partial charge in [-0.25, -0.2) is 0 Å². The van der Waals surface area contributed by atoms with E-state index >= 15 is 0 Å². The van der Waals surface area contributed by atoms with Crippen molar-refractivity contribution in [2.24, 2.45) is 11.7 Å². The van der Waals surface area contributed by atoms with E-state index in [-0.39, 0.29) is 5.91 Å². The number of benzene rings is 2. The Labute approximate surface area is 167 Å². The Morgan fingerprint density at radius 2 is 1.82 bits per heavy atom. The molecule has 0 saturated carbocycles. The van der Waals surface area contributed by atoms with Crippen LogP contribution in [0.15, 0.2) is 54.6 Å². The van der Waals surface area contributed by atoms with E-state index in [1.807, 2.05) is 29.2 Å². The molecule has 2 heterocycles. The normalized spacial score (nSPS) is 23.1. The molecule has 0 radical (unpaired) electrons. The molecule has 2 aromatic carbocycles. The number of likely N-dealkylation sites (tertiary alicyclic amines) is 1. The fourth-order valence-electron chi connectivity index (χ4n) is 4.36. The van der Waals surface area contributed by atoms with E-state index in [4.69, 9.17) is 10.5 Å². The highest BCUT2D eigenvalue weighted by Gasteiger charge is 2.35. The summed E-state index contributed by atoms with van der Waals surface area (Å²) < 4.78 is 5.42. The van der Waals surface area contributed by atoms with E-state index in [2.05, 4.69) is 35.2 Å². The molecule has 4 rings (SSSR count). The van der Waals surface area contributed by atoms with Crippen LogP contribution in [-0.2, 0) is 11.3 Å². The van der Waals surface area contributed by atoms with E-state index in [0.29, 0.717) is 18.4 Å². The second-order valence-electron chi connectivity index (χ2n) is 7.81. The molecule has 2 fully saturated rings. The van der Waals surface area contributed by atoms with Crippen molar-refractivity contribution in [3.63, 3.8) is 0 Å². The third-order valence-corrected chi connectivity index (χ3v) is 5.94. The molecule has 0 unspecified atom stereocenters. The number of morpholine rings is 1. The maximum atomic E-state index is 13.2. The largest absolute Gasteiger partial charge is 0.379 e. The molecule has 28 heavy (non-hydrogen) atoms. The Hall–Kier alpha value is -2.21. The zero-order chi connectivity index (χ0) is 19.3. The van der Waals surface area contributed by atoms with Gasteiger partial charge < -0.3 is 15.4 Å². The molecule has 2 aliphatic rings. The highest BCUT2D eigenvalue weighted by molar-refractivity contribution is 5.94. The second-order valence-corrected chi connectivity index (χ2v) is 7.81. The summed E-state index contributed by atoms with van der Waals surface area (Å²) in [6.45, 7) is 6.38. The first kappa shape index (κ1) is 19.1. The molecule has 148 valence electrons. The summed E-state index contributed by atoms with van der Waals surface area (Å²) in [5, 5.41) is 0. The van der Waals surface area contributed by atoms with Crippen molar-refractivity contribution in [2.75, 3.05) is 45.9 Å². The van der Waals surface area contributed by atoms with Crippen molar-refractivity contribution in [3.05, 3.63) is 71.3 Å². The molecule has 2 saturated heterocycles. The molecule has 1 amide bonds. The minimum Gasteiger partial charge on any atom is -0.379 e. The van der Waals surface area contributed by atoms with Crippen LogP contribution in [0.3, 0.4) is 0 Å². The maximum Gasteiger partial charge on any atom is 0.253 e. The molecule has 0 aliphatic carbocycles. The van der Waals surface area contributed by atoms with Crippen LogP contribution in [0, 0.1) is 5.92 Å². The van der Waals surface area contributed by atoms with E-state index < -0.39 is 0 Å². The van der Waals surface area contributed by atoms with Gasteiger partial charge in [0.05, 0.1) is 13.2 Å². The van der Waals surface area contributed by atoms with Crippen molar-refractivity contribution in [1.29, 1.82) is 0 Å². The number of hydrogen-bond donors (Lipinski definition) is 1. The van der Waals surface area contributed by atoms with Crippen molar-refractivity contribution in [3.8, 4) is 0 Å². The van der Waals surface area contributed by atoms with Gasteiger partial charge in [0.15, 0.2) is 0 Å². The Kier molecular flexibility index (Phi) is 6.05. The van der Waals surface area contributed by atoms with Crippen molar-refractivity contribution >= 4 is 5.91 Å². The fourth-order valence-corrected chi connectivity index (χ4v) is 4.36. The Morgan fingerprint density at radius 1 is 1.04 bits per heavy atom. The molecule has 5 heteroatoms. The Morgan fingerprint density at radius 3 is 2.57 bits per heavy atom. The number of rotatable bonds is 5. The summed E-state index contributed by atoms with van der Waals surface area (Å²) in [6, 6.07) is 18.5. The predicted octanol–water partition coefficient (Wildman–Crippen LogP) is 2.33. The third-order valence-electron chi connectivity index (χ3n) is 5.94. The minimum absolute atomic E-state index is 0.112. The van der Waals surface area contributed by atoms with Crippen LogP contribution in [0.4, 0.5) is 0 Å². The standard InChI is InChI=1S/C23H29N3O2/c24-14-21-16-26(17-22(21)19-6-2-1-3-7-19)23(27)20-8-4-5-18(13-20)15-25-9-11-28-12-10-25/h1-8,13,21-22H,9-12,14-17,24H2/t21-,22+/m1/s1. The zero-order valence-corrected chi connectivity index (χ0v) is 16.3. The highest BCUT2D eigenvalue weighted by Crippen LogP contribution is 2.32. The van der Waals surface area contributed by atoms with Crippen molar-refractivity contribution in [2.45, 2.75) is 12.5 Å². The van der Waals surface area contributed by atoms with Gasteiger partial charge in [-0.1, -0.05) is 42.5 Å². The van der Waals surface area contributed by atoms with Crippen LogP contribution in [0.25, 0.3) is 0 Å². The summed E-state index contributed by atoms with van der Waals surface area (Å²) in [5.41, 5.74) is 9.27. The number of hydrogen-bond acceptors (Lipinski definition) is 4. The topological polar surface area (TPSA) is 58.8 Å². The van der Waals surface area contributed by atoms with Crippen LogP contribution in [-0.4, -0.2) is 61.6 Å².